The first-order chi connectivity index (χ1) is 14.2. The highest BCUT2D eigenvalue weighted by molar-refractivity contribution is 5.91. The SMILES string of the molecule is CCO[C@@H]1OC(C(=O)NCCOC)=C[C@H](c2ccc3c(c2)OCO3)[C@H]1CCCO. The van der Waals surface area contributed by atoms with Gasteiger partial charge in [-0.2, -0.15) is 0 Å². The van der Waals surface area contributed by atoms with Crippen molar-refractivity contribution < 1.29 is 33.6 Å². The van der Waals surface area contributed by atoms with Crippen molar-refractivity contribution in [3.05, 3.63) is 35.6 Å². The van der Waals surface area contributed by atoms with Gasteiger partial charge in [0.1, 0.15) is 0 Å². The van der Waals surface area contributed by atoms with Gasteiger partial charge in [0.05, 0.1) is 6.61 Å². The fraction of sp³-hybridized carbons (Fsp3) is 0.571. The Hall–Kier alpha value is -2.29. The summed E-state index contributed by atoms with van der Waals surface area (Å²) < 4.78 is 27.7. The van der Waals surface area contributed by atoms with Crippen molar-refractivity contribution in [3.63, 3.8) is 0 Å². The number of fused-ring (bicyclic) bond motifs is 1. The van der Waals surface area contributed by atoms with E-state index in [0.717, 1.165) is 5.56 Å². The van der Waals surface area contributed by atoms with E-state index in [4.69, 9.17) is 23.7 Å². The number of aliphatic hydroxyl groups excluding tert-OH is 1. The van der Waals surface area contributed by atoms with Crippen molar-refractivity contribution in [1.82, 2.24) is 5.32 Å². The molecule has 160 valence electrons. The minimum absolute atomic E-state index is 0.0574. The monoisotopic (exact) mass is 407 g/mol. The Kier molecular flexibility index (Phi) is 7.74. The maximum atomic E-state index is 12.6. The average molecular weight is 407 g/mol. The summed E-state index contributed by atoms with van der Waals surface area (Å²) in [7, 11) is 1.58. The zero-order valence-electron chi connectivity index (χ0n) is 16.9. The molecule has 1 aromatic carbocycles. The molecule has 2 aliphatic rings. The molecular weight excluding hydrogens is 378 g/mol. The van der Waals surface area contributed by atoms with Gasteiger partial charge in [-0.15, -0.1) is 0 Å². The molecule has 8 heteroatoms. The van der Waals surface area contributed by atoms with Crippen LogP contribution in [-0.2, 0) is 19.0 Å². The lowest BCUT2D eigenvalue weighted by Gasteiger charge is -2.37. The molecule has 0 saturated heterocycles. The van der Waals surface area contributed by atoms with E-state index in [0.29, 0.717) is 44.1 Å². The smallest absolute Gasteiger partial charge is 0.286 e. The molecule has 29 heavy (non-hydrogen) atoms. The summed E-state index contributed by atoms with van der Waals surface area (Å²) in [6.45, 7) is 3.42. The van der Waals surface area contributed by atoms with Crippen molar-refractivity contribution in [2.24, 2.45) is 5.92 Å². The maximum Gasteiger partial charge on any atom is 0.286 e. The van der Waals surface area contributed by atoms with Crippen LogP contribution in [0.5, 0.6) is 11.5 Å². The highest BCUT2D eigenvalue weighted by Gasteiger charge is 2.38. The molecule has 0 bridgehead atoms. The van der Waals surface area contributed by atoms with E-state index in [1.807, 2.05) is 31.2 Å². The van der Waals surface area contributed by atoms with Gasteiger partial charge in [0.15, 0.2) is 17.3 Å². The molecule has 0 unspecified atom stereocenters. The summed E-state index contributed by atoms with van der Waals surface area (Å²) in [4.78, 5) is 12.6. The van der Waals surface area contributed by atoms with Crippen molar-refractivity contribution in [2.75, 3.05) is 40.3 Å². The van der Waals surface area contributed by atoms with Gasteiger partial charge in [-0.3, -0.25) is 4.79 Å². The molecule has 0 aromatic heterocycles. The normalized spacial score (nSPS) is 22.7. The summed E-state index contributed by atoms with van der Waals surface area (Å²) in [6.07, 6.45) is 2.55. The lowest BCUT2D eigenvalue weighted by molar-refractivity contribution is -0.166. The third kappa shape index (κ3) is 5.20. The van der Waals surface area contributed by atoms with E-state index in [1.165, 1.54) is 0 Å². The molecule has 8 nitrogen and oxygen atoms in total. The molecular formula is C21H29NO7. The van der Waals surface area contributed by atoms with Gasteiger partial charge >= 0.3 is 0 Å². The fourth-order valence-electron chi connectivity index (χ4n) is 3.62. The number of methoxy groups -OCH3 is 1. The standard InChI is InChI=1S/C21H29NO7/c1-3-26-21-15(5-4-9-23)16(12-19(29-21)20(24)22-8-10-25-2)14-6-7-17-18(11-14)28-13-27-17/h6-7,11-12,15-16,21,23H,3-5,8-10,13H2,1-2H3,(H,22,24)/t15-,16-,21-/m1/s1. The molecule has 1 aromatic rings. The zero-order valence-corrected chi connectivity index (χ0v) is 16.9. The molecule has 0 radical (unpaired) electrons. The number of hydrogen-bond donors (Lipinski definition) is 2. The predicted molar refractivity (Wildman–Crippen MR) is 105 cm³/mol. The van der Waals surface area contributed by atoms with Crippen LogP contribution in [0.4, 0.5) is 0 Å². The Bertz CT molecular complexity index is 721. The number of nitrogens with one attached hydrogen (secondary N) is 1. The summed E-state index contributed by atoms with van der Waals surface area (Å²) in [6, 6.07) is 5.78. The van der Waals surface area contributed by atoms with Crippen molar-refractivity contribution >= 4 is 5.91 Å². The largest absolute Gasteiger partial charge is 0.459 e. The molecule has 2 heterocycles. The van der Waals surface area contributed by atoms with Crippen LogP contribution in [0.15, 0.2) is 30.0 Å². The van der Waals surface area contributed by atoms with Crippen LogP contribution < -0.4 is 14.8 Å². The number of ether oxygens (including phenoxy) is 5. The molecule has 2 N–H and O–H groups in total. The molecule has 0 spiro atoms. The molecule has 0 fully saturated rings. The molecule has 3 atom stereocenters. The maximum absolute atomic E-state index is 12.6. The molecule has 1 amide bonds. The van der Waals surface area contributed by atoms with Gasteiger partial charge in [0, 0.05) is 38.7 Å². The molecule has 0 aliphatic carbocycles. The van der Waals surface area contributed by atoms with Crippen LogP contribution in [0.2, 0.25) is 0 Å². The Morgan fingerprint density at radius 3 is 2.90 bits per heavy atom. The van der Waals surface area contributed by atoms with Gasteiger partial charge < -0.3 is 34.1 Å². The summed E-state index contributed by atoms with van der Waals surface area (Å²) in [5, 5.41) is 12.1. The van der Waals surface area contributed by atoms with Crippen LogP contribution in [0.25, 0.3) is 0 Å². The second-order valence-electron chi connectivity index (χ2n) is 6.89. The van der Waals surface area contributed by atoms with Crippen molar-refractivity contribution in [2.45, 2.75) is 32.0 Å². The first-order valence-corrected chi connectivity index (χ1v) is 9.95. The van der Waals surface area contributed by atoms with E-state index >= 15 is 0 Å². The summed E-state index contributed by atoms with van der Waals surface area (Å²) in [5.74, 6) is 1.11. The number of rotatable bonds is 10. The second-order valence-corrected chi connectivity index (χ2v) is 6.89. The second kappa shape index (κ2) is 10.5. The number of aliphatic hydroxyl groups is 1. The van der Waals surface area contributed by atoms with Crippen molar-refractivity contribution in [3.8, 4) is 11.5 Å². The van der Waals surface area contributed by atoms with E-state index in [9.17, 15) is 9.90 Å². The van der Waals surface area contributed by atoms with Gasteiger partial charge in [-0.05, 0) is 43.5 Å². The van der Waals surface area contributed by atoms with Gasteiger partial charge in [0.25, 0.3) is 5.91 Å². The zero-order chi connectivity index (χ0) is 20.6. The van der Waals surface area contributed by atoms with Gasteiger partial charge in [-0.25, -0.2) is 0 Å². The number of allylic oxidation sites excluding steroid dienone is 1. The lowest BCUT2D eigenvalue weighted by Crippen LogP contribution is -2.39. The summed E-state index contributed by atoms with van der Waals surface area (Å²) >= 11 is 0. The van der Waals surface area contributed by atoms with Crippen LogP contribution in [0.3, 0.4) is 0 Å². The van der Waals surface area contributed by atoms with Gasteiger partial charge in [-0.1, -0.05) is 6.07 Å². The van der Waals surface area contributed by atoms with Crippen LogP contribution in [-0.4, -0.2) is 57.6 Å². The minimum atomic E-state index is -0.588. The quantitative estimate of drug-likeness (QED) is 0.572. The topological polar surface area (TPSA) is 95.5 Å². The molecule has 0 saturated carbocycles. The molecule has 2 aliphatic heterocycles. The number of amides is 1. The van der Waals surface area contributed by atoms with Crippen LogP contribution in [0.1, 0.15) is 31.2 Å². The van der Waals surface area contributed by atoms with Gasteiger partial charge in [0.2, 0.25) is 13.1 Å². The Balaban J connectivity index is 1.90. The third-order valence-corrected chi connectivity index (χ3v) is 5.01. The number of carbonyl (C=O) groups is 1. The number of benzene rings is 1. The lowest BCUT2D eigenvalue weighted by atomic mass is 9.80. The number of carbonyl (C=O) groups excluding carboxylic acids is 1. The van der Waals surface area contributed by atoms with E-state index in [-0.39, 0.29) is 36.9 Å². The Morgan fingerprint density at radius 2 is 2.14 bits per heavy atom. The first-order valence-electron chi connectivity index (χ1n) is 9.95. The number of hydrogen-bond acceptors (Lipinski definition) is 7. The Morgan fingerprint density at radius 1 is 1.31 bits per heavy atom. The molecule has 3 rings (SSSR count). The average Bonchev–Trinajstić information content (AvgIpc) is 3.20. The fourth-order valence-corrected chi connectivity index (χ4v) is 3.62. The van der Waals surface area contributed by atoms with E-state index < -0.39 is 6.29 Å². The third-order valence-electron chi connectivity index (χ3n) is 5.01. The highest BCUT2D eigenvalue weighted by atomic mass is 16.7. The van der Waals surface area contributed by atoms with Crippen molar-refractivity contribution in [1.29, 1.82) is 0 Å². The Labute approximate surface area is 170 Å². The van der Waals surface area contributed by atoms with E-state index in [2.05, 4.69) is 5.32 Å². The summed E-state index contributed by atoms with van der Waals surface area (Å²) in [5.41, 5.74) is 0.979. The van der Waals surface area contributed by atoms with Crippen LogP contribution >= 0.6 is 0 Å². The predicted octanol–water partition coefficient (Wildman–Crippen LogP) is 1.93. The first kappa shape index (κ1) is 21.4. The highest BCUT2D eigenvalue weighted by Crippen LogP contribution is 2.42. The van der Waals surface area contributed by atoms with Crippen LogP contribution in [0, 0.1) is 5.92 Å². The minimum Gasteiger partial charge on any atom is -0.459 e. The van der Waals surface area contributed by atoms with E-state index in [1.54, 1.807) is 7.11 Å².